The van der Waals surface area contributed by atoms with Crippen LogP contribution in [-0.2, 0) is 34.0 Å². The van der Waals surface area contributed by atoms with Gasteiger partial charge in [-0.2, -0.15) is 13.2 Å². The number of benzene rings is 2. The van der Waals surface area contributed by atoms with E-state index in [1.54, 1.807) is 24.3 Å². The van der Waals surface area contributed by atoms with E-state index in [0.29, 0.717) is 11.1 Å². The van der Waals surface area contributed by atoms with Crippen molar-refractivity contribution in [3.63, 3.8) is 0 Å². The average Bonchev–Trinajstić information content (AvgIpc) is 2.85. The van der Waals surface area contributed by atoms with Crippen LogP contribution in [0, 0.1) is 12.7 Å². The second-order valence-corrected chi connectivity index (χ2v) is 10.9. The number of nitrogens with zero attached hydrogens (tertiary/aromatic N) is 1. The van der Waals surface area contributed by atoms with Crippen molar-refractivity contribution in [2.24, 2.45) is 0 Å². The fourth-order valence-electron chi connectivity index (χ4n) is 3.75. The van der Waals surface area contributed by atoms with Gasteiger partial charge in [0.1, 0.15) is 11.5 Å². The number of alkyl halides is 3. The molecule has 39 heavy (non-hydrogen) atoms. The number of rotatable bonds is 10. The summed E-state index contributed by atoms with van der Waals surface area (Å²) >= 11 is 0. The van der Waals surface area contributed by atoms with Gasteiger partial charge in [0.15, 0.2) is 5.78 Å². The summed E-state index contributed by atoms with van der Waals surface area (Å²) in [5.41, 5.74) is 0.610. The van der Waals surface area contributed by atoms with Crippen LogP contribution < -0.4 is 10.0 Å². The van der Waals surface area contributed by atoms with Crippen LogP contribution in [0.15, 0.2) is 54.6 Å². The highest BCUT2D eigenvalue weighted by molar-refractivity contribution is 7.92. The average molecular weight is 566 g/mol. The lowest BCUT2D eigenvalue weighted by molar-refractivity contribution is -0.141. The lowest BCUT2D eigenvalue weighted by Gasteiger charge is -2.16. The zero-order chi connectivity index (χ0) is 29.0. The minimum Gasteiger partial charge on any atom is -0.351 e. The third kappa shape index (κ3) is 8.34. The molecule has 0 saturated heterocycles. The first kappa shape index (κ1) is 29.8. The molecule has 1 heterocycles. The van der Waals surface area contributed by atoms with Gasteiger partial charge in [0.25, 0.3) is 0 Å². The molecule has 1 amide bonds. The minimum absolute atomic E-state index is 0.0282. The summed E-state index contributed by atoms with van der Waals surface area (Å²) in [6, 6.07) is 12.4. The third-order valence-corrected chi connectivity index (χ3v) is 6.55. The highest BCUT2D eigenvalue weighted by Crippen LogP contribution is 2.29. The van der Waals surface area contributed by atoms with Crippen molar-refractivity contribution in [1.82, 2.24) is 10.3 Å². The van der Waals surface area contributed by atoms with Gasteiger partial charge in [0, 0.05) is 24.2 Å². The SMILES string of the molecule is Cc1ccc(C(=O)CCc2nc(C(F)(F)F)ccc2CNC(=O)C(C)c2ccc(NS(C)(=O)=O)c(F)c2)cc1. The number of sulfonamides is 1. The summed E-state index contributed by atoms with van der Waals surface area (Å²) in [4.78, 5) is 29.1. The van der Waals surface area contributed by atoms with Crippen LogP contribution in [0.4, 0.5) is 23.2 Å². The molecular formula is C27H27F4N3O4S. The second-order valence-electron chi connectivity index (χ2n) is 9.14. The number of nitrogens with one attached hydrogen (secondary N) is 2. The molecule has 0 aliphatic carbocycles. The Morgan fingerprint density at radius 3 is 2.28 bits per heavy atom. The van der Waals surface area contributed by atoms with Gasteiger partial charge in [-0.05, 0) is 49.6 Å². The summed E-state index contributed by atoms with van der Waals surface area (Å²) in [5, 5.41) is 2.61. The predicted molar refractivity (Wildman–Crippen MR) is 138 cm³/mol. The van der Waals surface area contributed by atoms with Gasteiger partial charge in [-0.1, -0.05) is 42.0 Å². The Bertz CT molecular complexity index is 1470. The molecular weight excluding hydrogens is 538 g/mol. The molecule has 1 unspecified atom stereocenters. The number of carbonyl (C=O) groups is 2. The maximum absolute atomic E-state index is 14.3. The van der Waals surface area contributed by atoms with Crippen molar-refractivity contribution < 1.29 is 35.6 Å². The minimum atomic E-state index is -4.69. The van der Waals surface area contributed by atoms with Gasteiger partial charge in [0.2, 0.25) is 15.9 Å². The highest BCUT2D eigenvalue weighted by atomic mass is 32.2. The molecule has 2 aromatic carbocycles. The van der Waals surface area contributed by atoms with Crippen LogP contribution in [0.1, 0.15) is 57.7 Å². The van der Waals surface area contributed by atoms with E-state index >= 15 is 0 Å². The lowest BCUT2D eigenvalue weighted by atomic mass is 9.99. The molecule has 0 aliphatic rings. The van der Waals surface area contributed by atoms with Gasteiger partial charge >= 0.3 is 6.18 Å². The summed E-state index contributed by atoms with van der Waals surface area (Å²) in [6.07, 6.45) is -3.97. The second kappa shape index (κ2) is 11.9. The summed E-state index contributed by atoms with van der Waals surface area (Å²) in [6.45, 7) is 3.20. The number of hydrogen-bond acceptors (Lipinski definition) is 5. The van der Waals surface area contributed by atoms with Gasteiger partial charge in [-0.3, -0.25) is 14.3 Å². The fourth-order valence-corrected chi connectivity index (χ4v) is 4.32. The zero-order valence-electron chi connectivity index (χ0n) is 21.4. The molecule has 7 nitrogen and oxygen atoms in total. The molecule has 0 fully saturated rings. The number of carbonyl (C=O) groups excluding carboxylic acids is 2. The molecule has 0 radical (unpaired) electrons. The van der Waals surface area contributed by atoms with E-state index < -0.39 is 39.5 Å². The molecule has 1 aromatic heterocycles. The normalized spacial score (nSPS) is 12.6. The number of anilines is 1. The highest BCUT2D eigenvalue weighted by Gasteiger charge is 2.33. The molecule has 0 saturated carbocycles. The van der Waals surface area contributed by atoms with Crippen LogP contribution in [0.2, 0.25) is 0 Å². The quantitative estimate of drug-likeness (QED) is 0.261. The predicted octanol–water partition coefficient (Wildman–Crippen LogP) is 5.15. The van der Waals surface area contributed by atoms with Crippen LogP contribution in [0.3, 0.4) is 0 Å². The van der Waals surface area contributed by atoms with E-state index in [9.17, 15) is 35.6 Å². The Morgan fingerprint density at radius 2 is 1.69 bits per heavy atom. The first-order chi connectivity index (χ1) is 18.1. The van der Waals surface area contributed by atoms with Gasteiger partial charge in [0.05, 0.1) is 17.9 Å². The number of pyridine rings is 1. The molecule has 208 valence electrons. The summed E-state index contributed by atoms with van der Waals surface area (Å²) < 4.78 is 78.9. The molecule has 0 bridgehead atoms. The van der Waals surface area contributed by atoms with E-state index in [2.05, 4.69) is 10.3 Å². The maximum atomic E-state index is 14.3. The number of aryl methyl sites for hydroxylation is 2. The molecule has 3 rings (SSSR count). The van der Waals surface area contributed by atoms with E-state index in [0.717, 1.165) is 24.0 Å². The zero-order valence-corrected chi connectivity index (χ0v) is 22.2. The first-order valence-electron chi connectivity index (χ1n) is 11.8. The van der Waals surface area contributed by atoms with Crippen molar-refractivity contribution in [3.05, 3.63) is 94.1 Å². The Balaban J connectivity index is 1.74. The molecule has 2 N–H and O–H groups in total. The smallest absolute Gasteiger partial charge is 0.351 e. The lowest BCUT2D eigenvalue weighted by Crippen LogP contribution is -2.28. The summed E-state index contributed by atoms with van der Waals surface area (Å²) in [5.74, 6) is -2.53. The van der Waals surface area contributed by atoms with Crippen molar-refractivity contribution >= 4 is 27.4 Å². The molecule has 3 aromatic rings. The number of Topliss-reactive ketones (excluding diaryl/α,β-unsaturated/α-hetero) is 1. The van der Waals surface area contributed by atoms with Crippen molar-refractivity contribution in [1.29, 1.82) is 0 Å². The Labute approximate surface area is 223 Å². The Hall–Kier alpha value is -3.80. The van der Waals surface area contributed by atoms with E-state index in [1.165, 1.54) is 25.1 Å². The molecule has 0 aliphatic heterocycles. The van der Waals surface area contributed by atoms with Gasteiger partial charge in [-0.25, -0.2) is 17.8 Å². The first-order valence-corrected chi connectivity index (χ1v) is 13.7. The van der Waals surface area contributed by atoms with Crippen LogP contribution in [0.25, 0.3) is 0 Å². The van der Waals surface area contributed by atoms with Crippen molar-refractivity contribution in [2.75, 3.05) is 11.0 Å². The van der Waals surface area contributed by atoms with Crippen LogP contribution in [0.5, 0.6) is 0 Å². The number of aromatic nitrogens is 1. The van der Waals surface area contributed by atoms with Gasteiger partial charge in [-0.15, -0.1) is 0 Å². The number of ketones is 1. The molecule has 0 spiro atoms. The number of amides is 1. The maximum Gasteiger partial charge on any atom is 0.433 e. The Kier molecular flexibility index (Phi) is 9.10. The van der Waals surface area contributed by atoms with Gasteiger partial charge < -0.3 is 5.32 Å². The third-order valence-electron chi connectivity index (χ3n) is 5.96. The van der Waals surface area contributed by atoms with Crippen LogP contribution in [-0.4, -0.2) is 31.3 Å². The summed E-state index contributed by atoms with van der Waals surface area (Å²) in [7, 11) is -3.70. The largest absolute Gasteiger partial charge is 0.433 e. The molecule has 1 atom stereocenters. The Morgan fingerprint density at radius 1 is 1.03 bits per heavy atom. The number of hydrogen-bond donors (Lipinski definition) is 2. The van der Waals surface area contributed by atoms with Crippen molar-refractivity contribution in [3.8, 4) is 0 Å². The van der Waals surface area contributed by atoms with E-state index in [4.69, 9.17) is 0 Å². The van der Waals surface area contributed by atoms with Crippen LogP contribution >= 0.6 is 0 Å². The number of halogens is 4. The standard InChI is InChI=1S/C27H27F4N3O4S/c1-16-4-6-18(7-5-16)24(35)12-11-22-20(9-13-25(33-22)27(29,30)31)15-32-26(36)17(2)19-8-10-23(21(28)14-19)34-39(3,37)38/h4-10,13-14,17,34H,11-12,15H2,1-3H3,(H,32,36). The monoisotopic (exact) mass is 565 g/mol. The van der Waals surface area contributed by atoms with Crippen molar-refractivity contribution in [2.45, 2.75) is 45.3 Å². The molecule has 12 heteroatoms. The fraction of sp³-hybridized carbons (Fsp3) is 0.296. The van der Waals surface area contributed by atoms with E-state index in [-0.39, 0.29) is 42.1 Å². The topological polar surface area (TPSA) is 105 Å². The van der Waals surface area contributed by atoms with E-state index in [1.807, 2.05) is 11.6 Å².